The summed E-state index contributed by atoms with van der Waals surface area (Å²) in [6.07, 6.45) is -5.47. The zero-order valence-corrected chi connectivity index (χ0v) is 21.8. The van der Waals surface area contributed by atoms with Crippen molar-refractivity contribution in [3.05, 3.63) is 71.3 Å². The Kier molecular flexibility index (Phi) is 9.35. The monoisotopic (exact) mass is 593 g/mol. The molecule has 1 saturated heterocycles. The van der Waals surface area contributed by atoms with Crippen molar-refractivity contribution in [3.63, 3.8) is 0 Å². The number of carbonyl (C=O) groups excluding carboxylic acids is 1. The van der Waals surface area contributed by atoms with E-state index in [1.165, 1.54) is 12.1 Å². The molecule has 2 unspecified atom stereocenters. The number of carbonyl (C=O) groups is 1. The van der Waals surface area contributed by atoms with Crippen LogP contribution < -0.4 is 10.6 Å². The zero-order chi connectivity index (χ0) is 29.0. The Balaban J connectivity index is 1.89. The van der Waals surface area contributed by atoms with Crippen LogP contribution in [0.4, 0.5) is 22.0 Å². The van der Waals surface area contributed by atoms with E-state index in [0.717, 1.165) is 36.4 Å². The molecule has 2 N–H and O–H groups in total. The summed E-state index contributed by atoms with van der Waals surface area (Å²) >= 11 is 0. The second kappa shape index (κ2) is 12.0. The summed E-state index contributed by atoms with van der Waals surface area (Å²) < 4.78 is 118. The molecular formula is C24H24F5N3O5S2. The number of nitrogens with one attached hydrogen (secondary N) is 2. The van der Waals surface area contributed by atoms with Gasteiger partial charge in [0.15, 0.2) is 19.7 Å². The van der Waals surface area contributed by atoms with Crippen LogP contribution in [0.15, 0.2) is 48.5 Å². The molecule has 4 atom stereocenters. The van der Waals surface area contributed by atoms with Crippen molar-refractivity contribution in [2.45, 2.75) is 48.1 Å². The minimum Gasteiger partial charge on any atom is -0.352 e. The fourth-order valence-corrected chi connectivity index (χ4v) is 7.28. The summed E-state index contributed by atoms with van der Waals surface area (Å²) in [5.41, 5.74) is -0.346. The lowest BCUT2D eigenvalue weighted by Crippen LogP contribution is -2.55. The number of alkyl halides is 3. The maximum atomic E-state index is 14.0. The maximum absolute atomic E-state index is 14.0. The largest absolute Gasteiger partial charge is 0.407 e. The van der Waals surface area contributed by atoms with Crippen LogP contribution in [0.3, 0.4) is 0 Å². The third kappa shape index (κ3) is 8.45. The second-order valence-corrected chi connectivity index (χ2v) is 13.6. The van der Waals surface area contributed by atoms with Crippen molar-refractivity contribution >= 4 is 25.6 Å². The van der Waals surface area contributed by atoms with Gasteiger partial charge in [0.25, 0.3) is 0 Å². The lowest BCUT2D eigenvalue weighted by molar-refractivity contribution is -0.160. The highest BCUT2D eigenvalue weighted by atomic mass is 32.2. The summed E-state index contributed by atoms with van der Waals surface area (Å²) in [5.74, 6) is -4.85. The molecule has 2 aromatic rings. The van der Waals surface area contributed by atoms with Gasteiger partial charge in [-0.1, -0.05) is 24.3 Å². The first kappa shape index (κ1) is 30.5. The Morgan fingerprint density at radius 3 is 2.15 bits per heavy atom. The Labute approximate surface area is 222 Å². The van der Waals surface area contributed by atoms with Crippen LogP contribution >= 0.6 is 0 Å². The molecule has 212 valence electrons. The third-order valence-corrected chi connectivity index (χ3v) is 9.69. The molecule has 0 radical (unpaired) electrons. The van der Waals surface area contributed by atoms with Crippen LogP contribution in [0.25, 0.3) is 0 Å². The van der Waals surface area contributed by atoms with Crippen LogP contribution in [0.2, 0.25) is 0 Å². The Bertz CT molecular complexity index is 1420. The molecular weight excluding hydrogens is 569 g/mol. The summed E-state index contributed by atoms with van der Waals surface area (Å²) in [6.45, 7) is 0. The number of benzene rings is 2. The summed E-state index contributed by atoms with van der Waals surface area (Å²) in [4.78, 5) is 13.1. The number of nitriles is 1. The highest BCUT2D eigenvalue weighted by Gasteiger charge is 2.44. The Morgan fingerprint density at radius 2 is 1.62 bits per heavy atom. The van der Waals surface area contributed by atoms with Crippen molar-refractivity contribution < 1.29 is 43.6 Å². The molecule has 1 fully saturated rings. The first-order chi connectivity index (χ1) is 18.1. The molecule has 0 spiro atoms. The average molecular weight is 594 g/mol. The number of halogens is 5. The summed E-state index contributed by atoms with van der Waals surface area (Å²) in [6, 6.07) is 3.76. The van der Waals surface area contributed by atoms with Crippen LogP contribution in [0.1, 0.15) is 30.0 Å². The van der Waals surface area contributed by atoms with E-state index in [-0.39, 0.29) is 18.4 Å². The van der Waals surface area contributed by atoms with Gasteiger partial charge in [0, 0.05) is 6.04 Å². The van der Waals surface area contributed by atoms with Gasteiger partial charge in [0.2, 0.25) is 5.91 Å². The molecule has 2 aromatic carbocycles. The van der Waals surface area contributed by atoms with Crippen LogP contribution in [-0.4, -0.2) is 57.8 Å². The van der Waals surface area contributed by atoms with Gasteiger partial charge in [0.1, 0.15) is 29.0 Å². The highest BCUT2D eigenvalue weighted by molar-refractivity contribution is 7.92. The van der Waals surface area contributed by atoms with E-state index in [9.17, 15) is 43.6 Å². The standard InChI is InChI=1S/C24H24F5N3O5S2/c25-17-5-1-15(2-6-17)13-38(34,35)14-21(23(33)31-19-9-10-39(36,37)20(11-19)12-30)32-22(24(27,28)29)16-3-7-18(26)8-4-16/h1-8,19-22,32H,9-11,13-14H2,(H,31,33)/t19?,20?,21-,22-/m0/s1. The van der Waals surface area contributed by atoms with Crippen LogP contribution in [0, 0.1) is 23.0 Å². The Morgan fingerprint density at radius 1 is 1.05 bits per heavy atom. The molecule has 1 heterocycles. The number of nitrogens with zero attached hydrogens (tertiary/aromatic N) is 1. The van der Waals surface area contributed by atoms with Gasteiger partial charge in [-0.2, -0.15) is 18.4 Å². The maximum Gasteiger partial charge on any atom is 0.407 e. The van der Waals surface area contributed by atoms with Crippen molar-refractivity contribution in [1.29, 1.82) is 5.26 Å². The smallest absolute Gasteiger partial charge is 0.352 e. The van der Waals surface area contributed by atoms with Gasteiger partial charge < -0.3 is 5.32 Å². The number of hydrogen-bond donors (Lipinski definition) is 2. The van der Waals surface area contributed by atoms with Gasteiger partial charge in [-0.15, -0.1) is 0 Å². The summed E-state index contributed by atoms with van der Waals surface area (Å²) in [7, 11) is -8.00. The van der Waals surface area contributed by atoms with Gasteiger partial charge in [-0.05, 0) is 48.2 Å². The topological polar surface area (TPSA) is 133 Å². The lowest BCUT2D eigenvalue weighted by atomic mass is 10.0. The predicted molar refractivity (Wildman–Crippen MR) is 130 cm³/mol. The van der Waals surface area contributed by atoms with Crippen molar-refractivity contribution in [3.8, 4) is 6.07 Å². The fourth-order valence-electron chi connectivity index (χ4n) is 4.12. The molecule has 1 aliphatic heterocycles. The number of hydrogen-bond acceptors (Lipinski definition) is 7. The molecule has 1 aliphatic rings. The van der Waals surface area contributed by atoms with E-state index in [1.54, 1.807) is 6.07 Å². The fraction of sp³-hybridized carbons (Fsp3) is 0.417. The first-order valence-electron chi connectivity index (χ1n) is 11.5. The lowest BCUT2D eigenvalue weighted by Gasteiger charge is -2.30. The van der Waals surface area contributed by atoms with E-state index in [2.05, 4.69) is 5.32 Å². The minimum atomic E-state index is -5.03. The molecule has 39 heavy (non-hydrogen) atoms. The van der Waals surface area contributed by atoms with Gasteiger partial charge in [0.05, 0.1) is 23.3 Å². The highest BCUT2D eigenvalue weighted by Crippen LogP contribution is 2.33. The van der Waals surface area contributed by atoms with Crippen molar-refractivity contribution in [1.82, 2.24) is 10.6 Å². The predicted octanol–water partition coefficient (Wildman–Crippen LogP) is 2.73. The summed E-state index contributed by atoms with van der Waals surface area (Å²) in [5, 5.41) is 12.1. The van der Waals surface area contributed by atoms with E-state index >= 15 is 0 Å². The SMILES string of the molecule is N#CC1CC(NC(=O)[C@H](CS(=O)(=O)Cc2ccc(F)cc2)N[C@@H](c2ccc(F)cc2)C(F)(F)F)CCS1(=O)=O. The molecule has 0 saturated carbocycles. The van der Waals surface area contributed by atoms with Crippen LogP contribution in [0.5, 0.6) is 0 Å². The molecule has 1 amide bonds. The molecule has 0 aromatic heterocycles. The van der Waals surface area contributed by atoms with Gasteiger partial charge in [-0.3, -0.25) is 10.1 Å². The molecule has 0 aliphatic carbocycles. The first-order valence-corrected chi connectivity index (χ1v) is 15.1. The van der Waals surface area contributed by atoms with E-state index in [0.29, 0.717) is 0 Å². The number of sulfone groups is 2. The van der Waals surface area contributed by atoms with E-state index < -0.39 is 89.6 Å². The van der Waals surface area contributed by atoms with Gasteiger partial charge in [-0.25, -0.2) is 25.6 Å². The molecule has 3 rings (SSSR count). The van der Waals surface area contributed by atoms with Gasteiger partial charge >= 0.3 is 6.18 Å². The molecule has 0 bridgehead atoms. The van der Waals surface area contributed by atoms with Crippen molar-refractivity contribution in [2.75, 3.05) is 11.5 Å². The number of amides is 1. The van der Waals surface area contributed by atoms with Crippen LogP contribution in [-0.2, 0) is 30.2 Å². The minimum absolute atomic E-state index is 0.123. The van der Waals surface area contributed by atoms with E-state index in [4.69, 9.17) is 5.26 Å². The van der Waals surface area contributed by atoms with E-state index in [1.807, 2.05) is 5.32 Å². The third-order valence-electron chi connectivity index (χ3n) is 6.11. The number of rotatable bonds is 9. The quantitative estimate of drug-likeness (QED) is 0.427. The zero-order valence-electron chi connectivity index (χ0n) is 20.2. The normalized spacial score (nSPS) is 20.9. The van der Waals surface area contributed by atoms with Crippen molar-refractivity contribution in [2.24, 2.45) is 0 Å². The Hall–Kier alpha value is -3.09. The molecule has 8 nitrogen and oxygen atoms in total. The second-order valence-electron chi connectivity index (χ2n) is 9.14. The average Bonchev–Trinajstić information content (AvgIpc) is 2.84. The molecule has 15 heteroatoms.